The molecule has 32 heavy (non-hydrogen) atoms. The zero-order valence-electron chi connectivity index (χ0n) is 20.1. The van der Waals surface area contributed by atoms with Crippen LogP contribution in [0.5, 0.6) is 0 Å². The van der Waals surface area contributed by atoms with Crippen LogP contribution in [0.3, 0.4) is 0 Å². The third-order valence-corrected chi connectivity index (χ3v) is 5.70. The van der Waals surface area contributed by atoms with Crippen LogP contribution in [0.1, 0.15) is 103 Å². The standard InChI is InChI=1S/C24H49NO7/c1-2-3-4-5-6-7-8-9-10-11-12-13-14-15-17-25-24(31)23(30)22(29)20(16-18-26)32-21(28)19-27/h20-23,26-30H,2-19H2,1H3,(H,25,31). The predicted octanol–water partition coefficient (Wildman–Crippen LogP) is 2.38. The molecule has 0 aliphatic carbocycles. The van der Waals surface area contributed by atoms with Gasteiger partial charge in [-0.15, -0.1) is 0 Å². The molecule has 192 valence electrons. The van der Waals surface area contributed by atoms with Gasteiger partial charge in [0, 0.05) is 13.2 Å². The first-order valence-corrected chi connectivity index (χ1v) is 12.7. The third-order valence-electron chi connectivity index (χ3n) is 5.70. The Bertz CT molecular complexity index is 425. The van der Waals surface area contributed by atoms with Crippen molar-refractivity contribution in [1.82, 2.24) is 5.32 Å². The van der Waals surface area contributed by atoms with Crippen LogP contribution in [0, 0.1) is 0 Å². The fourth-order valence-electron chi connectivity index (χ4n) is 3.69. The normalized spacial score (nSPS) is 15.3. The van der Waals surface area contributed by atoms with Crippen molar-refractivity contribution in [3.63, 3.8) is 0 Å². The Labute approximate surface area is 194 Å². The molecular weight excluding hydrogens is 414 g/mol. The molecule has 0 aliphatic rings. The molecular formula is C24H49NO7. The molecule has 8 heteroatoms. The minimum absolute atomic E-state index is 0.0957. The van der Waals surface area contributed by atoms with E-state index >= 15 is 0 Å². The minimum atomic E-state index is -1.75. The van der Waals surface area contributed by atoms with Gasteiger partial charge in [0.2, 0.25) is 0 Å². The molecule has 0 radical (unpaired) electrons. The maximum atomic E-state index is 12.0. The molecule has 8 nitrogen and oxygen atoms in total. The number of ether oxygens (including phenoxy) is 1. The monoisotopic (exact) mass is 463 g/mol. The average Bonchev–Trinajstić information content (AvgIpc) is 2.79. The number of carbonyl (C=O) groups excluding carboxylic acids is 1. The van der Waals surface area contributed by atoms with E-state index in [4.69, 9.17) is 14.9 Å². The lowest BCUT2D eigenvalue weighted by molar-refractivity contribution is -0.197. The summed E-state index contributed by atoms with van der Waals surface area (Å²) in [6.45, 7) is 1.59. The second-order valence-corrected chi connectivity index (χ2v) is 8.65. The second-order valence-electron chi connectivity index (χ2n) is 8.65. The summed E-state index contributed by atoms with van der Waals surface area (Å²) in [5.74, 6) is -0.725. The fraction of sp³-hybridized carbons (Fsp3) is 0.958. The first-order chi connectivity index (χ1) is 15.5. The van der Waals surface area contributed by atoms with Crippen molar-refractivity contribution in [3.05, 3.63) is 0 Å². The molecule has 0 bridgehead atoms. The van der Waals surface area contributed by atoms with E-state index in [2.05, 4.69) is 12.2 Å². The lowest BCUT2D eigenvalue weighted by atomic mass is 10.0. The topological polar surface area (TPSA) is 139 Å². The van der Waals surface area contributed by atoms with E-state index in [0.717, 1.165) is 19.3 Å². The predicted molar refractivity (Wildman–Crippen MR) is 125 cm³/mol. The van der Waals surface area contributed by atoms with Gasteiger partial charge in [0.15, 0.2) is 12.4 Å². The first-order valence-electron chi connectivity index (χ1n) is 12.7. The Hall–Kier alpha value is -0.770. The van der Waals surface area contributed by atoms with Crippen molar-refractivity contribution in [2.24, 2.45) is 0 Å². The Morgan fingerprint density at radius 2 is 1.25 bits per heavy atom. The number of hydrogen-bond donors (Lipinski definition) is 6. The zero-order chi connectivity index (χ0) is 24.0. The minimum Gasteiger partial charge on any atom is -0.396 e. The summed E-state index contributed by atoms with van der Waals surface area (Å²) in [6.07, 6.45) is 11.3. The van der Waals surface area contributed by atoms with E-state index in [1.54, 1.807) is 0 Å². The van der Waals surface area contributed by atoms with Crippen LogP contribution in [0.2, 0.25) is 0 Å². The number of amides is 1. The molecule has 0 saturated carbocycles. The van der Waals surface area contributed by atoms with Crippen LogP contribution in [-0.4, -0.2) is 75.8 Å². The van der Waals surface area contributed by atoms with E-state index < -0.39 is 37.1 Å². The number of carbonyl (C=O) groups is 1. The number of aliphatic hydroxyl groups is 5. The molecule has 0 heterocycles. The molecule has 0 aliphatic heterocycles. The Morgan fingerprint density at radius 1 is 0.781 bits per heavy atom. The summed E-state index contributed by atoms with van der Waals surface area (Å²) in [6, 6.07) is 0. The van der Waals surface area contributed by atoms with Gasteiger partial charge in [0.05, 0.1) is 12.7 Å². The van der Waals surface area contributed by atoms with E-state index in [1.165, 1.54) is 70.6 Å². The molecule has 0 rings (SSSR count). The highest BCUT2D eigenvalue weighted by Crippen LogP contribution is 2.13. The lowest BCUT2D eigenvalue weighted by Gasteiger charge is -2.27. The van der Waals surface area contributed by atoms with Gasteiger partial charge in [-0.2, -0.15) is 0 Å². The van der Waals surface area contributed by atoms with Gasteiger partial charge < -0.3 is 35.6 Å². The van der Waals surface area contributed by atoms with Crippen LogP contribution in [0.25, 0.3) is 0 Å². The average molecular weight is 464 g/mol. The molecule has 0 aromatic rings. The van der Waals surface area contributed by atoms with Crippen LogP contribution >= 0.6 is 0 Å². The Morgan fingerprint density at radius 3 is 1.69 bits per heavy atom. The number of nitrogens with one attached hydrogen (secondary N) is 1. The van der Waals surface area contributed by atoms with Crippen molar-refractivity contribution in [3.8, 4) is 0 Å². The quantitative estimate of drug-likeness (QED) is 0.101. The van der Waals surface area contributed by atoms with Gasteiger partial charge in [-0.05, 0) is 12.8 Å². The number of rotatable bonds is 23. The summed E-state index contributed by atoms with van der Waals surface area (Å²) in [7, 11) is 0. The maximum Gasteiger partial charge on any atom is 0.251 e. The van der Waals surface area contributed by atoms with Gasteiger partial charge in [0.25, 0.3) is 5.91 Å². The zero-order valence-corrected chi connectivity index (χ0v) is 20.1. The summed E-state index contributed by atoms with van der Waals surface area (Å²) in [5, 5.41) is 49.9. The highest BCUT2D eigenvalue weighted by atomic mass is 16.6. The molecule has 4 atom stereocenters. The Balaban J connectivity index is 3.72. The molecule has 0 saturated heterocycles. The van der Waals surface area contributed by atoms with E-state index in [1.807, 2.05) is 0 Å². The molecule has 1 amide bonds. The fourth-order valence-corrected chi connectivity index (χ4v) is 3.69. The summed E-state index contributed by atoms with van der Waals surface area (Å²) >= 11 is 0. The van der Waals surface area contributed by atoms with Gasteiger partial charge in [-0.25, -0.2) is 0 Å². The summed E-state index contributed by atoms with van der Waals surface area (Å²) < 4.78 is 4.96. The lowest BCUT2D eigenvalue weighted by Crippen LogP contribution is -2.49. The molecule has 0 fully saturated rings. The van der Waals surface area contributed by atoms with Crippen molar-refractivity contribution in [1.29, 1.82) is 0 Å². The van der Waals surface area contributed by atoms with Crippen molar-refractivity contribution in [2.75, 3.05) is 19.8 Å². The van der Waals surface area contributed by atoms with E-state index in [-0.39, 0.29) is 13.0 Å². The second kappa shape index (κ2) is 22.0. The van der Waals surface area contributed by atoms with Gasteiger partial charge in [0.1, 0.15) is 6.10 Å². The van der Waals surface area contributed by atoms with Crippen LogP contribution in [-0.2, 0) is 9.53 Å². The number of hydrogen-bond acceptors (Lipinski definition) is 7. The SMILES string of the molecule is CCCCCCCCCCCCCCCCNC(=O)C(O)C(O)C(CCO)OC(O)CO. The highest BCUT2D eigenvalue weighted by Gasteiger charge is 2.32. The highest BCUT2D eigenvalue weighted by molar-refractivity contribution is 5.81. The number of aliphatic hydroxyl groups excluding tert-OH is 5. The molecule has 4 unspecified atom stereocenters. The van der Waals surface area contributed by atoms with Crippen molar-refractivity contribution < 1.29 is 35.1 Å². The first kappa shape index (κ1) is 31.2. The van der Waals surface area contributed by atoms with Crippen molar-refractivity contribution >= 4 is 5.91 Å². The van der Waals surface area contributed by atoms with E-state index in [9.17, 15) is 20.1 Å². The maximum absolute atomic E-state index is 12.0. The summed E-state index contributed by atoms with van der Waals surface area (Å²) in [5.41, 5.74) is 0. The smallest absolute Gasteiger partial charge is 0.251 e. The number of unbranched alkanes of at least 4 members (excludes halogenated alkanes) is 13. The van der Waals surface area contributed by atoms with Gasteiger partial charge in [-0.3, -0.25) is 4.79 Å². The van der Waals surface area contributed by atoms with Gasteiger partial charge >= 0.3 is 0 Å². The van der Waals surface area contributed by atoms with Crippen LogP contribution < -0.4 is 5.32 Å². The summed E-state index contributed by atoms with van der Waals surface area (Å²) in [4.78, 5) is 12.0. The molecule has 6 N–H and O–H groups in total. The van der Waals surface area contributed by atoms with Gasteiger partial charge in [-0.1, -0.05) is 90.4 Å². The van der Waals surface area contributed by atoms with Crippen molar-refractivity contribution in [2.45, 2.75) is 128 Å². The van der Waals surface area contributed by atoms with Crippen LogP contribution in [0.4, 0.5) is 0 Å². The molecule has 0 aromatic carbocycles. The largest absolute Gasteiger partial charge is 0.396 e. The van der Waals surface area contributed by atoms with Crippen LogP contribution in [0.15, 0.2) is 0 Å². The third kappa shape index (κ3) is 16.8. The Kier molecular flexibility index (Phi) is 21.5. The molecule has 0 spiro atoms. The molecule has 0 aromatic heterocycles. The van der Waals surface area contributed by atoms with E-state index in [0.29, 0.717) is 6.54 Å².